The molecule has 0 unspecified atom stereocenters. The predicted molar refractivity (Wildman–Crippen MR) is 169 cm³/mol. The Balaban J connectivity index is 1.23. The first-order valence-corrected chi connectivity index (χ1v) is 13.9. The molecule has 5 heteroatoms. The quantitative estimate of drug-likeness (QED) is 0.221. The van der Waals surface area contributed by atoms with Crippen molar-refractivity contribution in [3.8, 4) is 11.5 Å². The molecule has 0 aliphatic rings. The summed E-state index contributed by atoms with van der Waals surface area (Å²) in [4.78, 5) is 7.13. The van der Waals surface area contributed by atoms with E-state index < -0.39 is 0 Å². The average Bonchev–Trinajstić information content (AvgIpc) is 3.75. The minimum Gasteiger partial charge on any atom is -0.456 e. The highest BCUT2D eigenvalue weighted by molar-refractivity contribution is 6.17. The Hall–Kier alpha value is -5.81. The Morgan fingerprint density at radius 1 is 0.429 bits per heavy atom. The van der Waals surface area contributed by atoms with Crippen LogP contribution in [0, 0.1) is 0 Å². The molecule has 0 aliphatic heterocycles. The highest BCUT2D eigenvalue weighted by Gasteiger charge is 2.20. The summed E-state index contributed by atoms with van der Waals surface area (Å²) >= 11 is 0. The molecular formula is C37H22N2O3. The minimum atomic E-state index is 0.599. The molecule has 5 nitrogen and oxygen atoms in total. The number of anilines is 3. The summed E-state index contributed by atoms with van der Waals surface area (Å²) < 4.78 is 18.7. The van der Waals surface area contributed by atoms with E-state index in [0.717, 1.165) is 77.6 Å². The molecular weight excluding hydrogens is 520 g/mol. The molecule has 0 spiro atoms. The molecule has 3 heterocycles. The van der Waals surface area contributed by atoms with Crippen molar-refractivity contribution in [2.75, 3.05) is 4.90 Å². The van der Waals surface area contributed by atoms with Crippen molar-refractivity contribution in [1.82, 2.24) is 4.98 Å². The van der Waals surface area contributed by atoms with E-state index in [-0.39, 0.29) is 0 Å². The Bertz CT molecular complexity index is 2420. The van der Waals surface area contributed by atoms with Gasteiger partial charge in [-0.2, -0.15) is 0 Å². The molecule has 9 rings (SSSR count). The molecule has 0 atom stereocenters. The lowest BCUT2D eigenvalue weighted by Gasteiger charge is -2.25. The first kappa shape index (κ1) is 22.9. The van der Waals surface area contributed by atoms with Crippen LogP contribution in [0.3, 0.4) is 0 Å². The second-order valence-corrected chi connectivity index (χ2v) is 10.4. The maximum atomic E-state index is 6.43. The van der Waals surface area contributed by atoms with Crippen LogP contribution < -0.4 is 4.90 Å². The molecule has 0 amide bonds. The van der Waals surface area contributed by atoms with Crippen LogP contribution in [-0.4, -0.2) is 4.98 Å². The number of fused-ring (bicyclic) bond motifs is 8. The Labute approximate surface area is 239 Å². The molecule has 0 fully saturated rings. The SMILES string of the molecule is c1ccc(-c2nc3c(ccc4oc5cc(N(c6ccccc6)c6ccc7oc8ccccc8c7c6)ccc5c43)o2)cc1. The van der Waals surface area contributed by atoms with Crippen molar-refractivity contribution in [1.29, 1.82) is 0 Å². The van der Waals surface area contributed by atoms with Crippen LogP contribution in [0.2, 0.25) is 0 Å². The van der Waals surface area contributed by atoms with Crippen molar-refractivity contribution in [2.45, 2.75) is 0 Å². The Kier molecular flexibility index (Phi) is 4.83. The zero-order valence-electron chi connectivity index (χ0n) is 22.3. The van der Waals surface area contributed by atoms with E-state index in [0.29, 0.717) is 5.89 Å². The zero-order valence-corrected chi connectivity index (χ0v) is 22.3. The summed E-state index contributed by atoms with van der Waals surface area (Å²) in [7, 11) is 0. The molecule has 0 radical (unpaired) electrons. The molecule has 0 N–H and O–H groups in total. The first-order chi connectivity index (χ1) is 20.8. The number of hydrogen-bond donors (Lipinski definition) is 0. The summed E-state index contributed by atoms with van der Waals surface area (Å²) in [5.41, 5.74) is 8.86. The van der Waals surface area contributed by atoms with Gasteiger partial charge in [0.25, 0.3) is 0 Å². The fourth-order valence-corrected chi connectivity index (χ4v) is 5.96. The lowest BCUT2D eigenvalue weighted by molar-refractivity contribution is 0.619. The van der Waals surface area contributed by atoms with E-state index in [1.54, 1.807) is 0 Å². The van der Waals surface area contributed by atoms with E-state index in [1.807, 2.05) is 72.8 Å². The second kappa shape index (κ2) is 8.85. The van der Waals surface area contributed by atoms with Gasteiger partial charge in [-0.25, -0.2) is 4.98 Å². The normalized spacial score (nSPS) is 11.8. The topological polar surface area (TPSA) is 55.6 Å². The van der Waals surface area contributed by atoms with E-state index in [2.05, 4.69) is 65.6 Å². The van der Waals surface area contributed by atoms with Crippen LogP contribution >= 0.6 is 0 Å². The number of benzene rings is 6. The van der Waals surface area contributed by atoms with Gasteiger partial charge in [-0.1, -0.05) is 54.6 Å². The van der Waals surface area contributed by atoms with Crippen molar-refractivity contribution >= 4 is 72.0 Å². The van der Waals surface area contributed by atoms with Crippen LogP contribution in [-0.2, 0) is 0 Å². The fraction of sp³-hybridized carbons (Fsp3) is 0. The highest BCUT2D eigenvalue weighted by Crippen LogP contribution is 2.42. The number of aromatic nitrogens is 1. The number of para-hydroxylation sites is 2. The molecule has 0 saturated carbocycles. The van der Waals surface area contributed by atoms with Gasteiger partial charge < -0.3 is 18.2 Å². The molecule has 198 valence electrons. The van der Waals surface area contributed by atoms with Crippen LogP contribution in [0.15, 0.2) is 147 Å². The standard InChI is InChI=1S/C37H22N2O3/c1-3-9-23(10-4-1)37-38-36-33(42-37)20-19-32-35(36)28-17-15-26(22-34(28)41-32)39(24-11-5-2-6-12-24)25-16-18-31-29(21-25)27-13-7-8-14-30(27)40-31/h1-22H. The molecule has 9 aromatic rings. The molecule has 0 aliphatic carbocycles. The molecule has 0 saturated heterocycles. The lowest BCUT2D eigenvalue weighted by Crippen LogP contribution is -2.09. The lowest BCUT2D eigenvalue weighted by atomic mass is 10.1. The Morgan fingerprint density at radius 3 is 1.98 bits per heavy atom. The number of hydrogen-bond acceptors (Lipinski definition) is 5. The predicted octanol–water partition coefficient (Wildman–Crippen LogP) is 10.8. The summed E-state index contributed by atoms with van der Waals surface area (Å²) in [6.07, 6.45) is 0. The summed E-state index contributed by atoms with van der Waals surface area (Å²) in [5.74, 6) is 0.599. The van der Waals surface area contributed by atoms with Crippen molar-refractivity contribution < 1.29 is 13.3 Å². The van der Waals surface area contributed by atoms with E-state index in [1.165, 1.54) is 0 Å². The van der Waals surface area contributed by atoms with Gasteiger partial charge in [-0.15, -0.1) is 0 Å². The summed E-state index contributed by atoms with van der Waals surface area (Å²) in [5, 5.41) is 4.13. The van der Waals surface area contributed by atoms with Crippen LogP contribution in [0.25, 0.3) is 66.4 Å². The van der Waals surface area contributed by atoms with Gasteiger partial charge in [0.05, 0.1) is 5.39 Å². The van der Waals surface area contributed by atoms with Gasteiger partial charge >= 0.3 is 0 Å². The summed E-state index contributed by atoms with van der Waals surface area (Å²) in [6.45, 7) is 0. The molecule has 42 heavy (non-hydrogen) atoms. The average molecular weight is 543 g/mol. The van der Waals surface area contributed by atoms with E-state index >= 15 is 0 Å². The van der Waals surface area contributed by atoms with Gasteiger partial charge in [0, 0.05) is 44.9 Å². The van der Waals surface area contributed by atoms with Gasteiger partial charge in [-0.3, -0.25) is 0 Å². The Morgan fingerprint density at radius 2 is 1.10 bits per heavy atom. The van der Waals surface area contributed by atoms with Gasteiger partial charge in [-0.05, 0) is 72.8 Å². The van der Waals surface area contributed by atoms with Crippen molar-refractivity contribution in [3.63, 3.8) is 0 Å². The zero-order chi connectivity index (χ0) is 27.6. The number of nitrogens with zero attached hydrogens (tertiary/aromatic N) is 2. The monoisotopic (exact) mass is 542 g/mol. The summed E-state index contributed by atoms with van der Waals surface area (Å²) in [6, 6.07) is 45.1. The first-order valence-electron chi connectivity index (χ1n) is 13.9. The highest BCUT2D eigenvalue weighted by atomic mass is 16.4. The molecule has 0 bridgehead atoms. The van der Waals surface area contributed by atoms with Crippen molar-refractivity contribution in [2.24, 2.45) is 0 Å². The van der Waals surface area contributed by atoms with E-state index in [9.17, 15) is 0 Å². The van der Waals surface area contributed by atoms with E-state index in [4.69, 9.17) is 18.2 Å². The van der Waals surface area contributed by atoms with Crippen LogP contribution in [0.5, 0.6) is 0 Å². The maximum absolute atomic E-state index is 6.43. The maximum Gasteiger partial charge on any atom is 0.227 e. The van der Waals surface area contributed by atoms with Gasteiger partial charge in [0.2, 0.25) is 5.89 Å². The number of rotatable bonds is 4. The smallest absolute Gasteiger partial charge is 0.227 e. The third kappa shape index (κ3) is 3.47. The van der Waals surface area contributed by atoms with Gasteiger partial charge in [0.1, 0.15) is 27.8 Å². The largest absolute Gasteiger partial charge is 0.456 e. The molecule has 6 aromatic carbocycles. The molecule has 3 aromatic heterocycles. The number of furan rings is 2. The van der Waals surface area contributed by atoms with Crippen LogP contribution in [0.4, 0.5) is 17.1 Å². The second-order valence-electron chi connectivity index (χ2n) is 10.4. The van der Waals surface area contributed by atoms with Gasteiger partial charge in [0.15, 0.2) is 5.58 Å². The van der Waals surface area contributed by atoms with Crippen molar-refractivity contribution in [3.05, 3.63) is 133 Å². The van der Waals surface area contributed by atoms with Crippen LogP contribution in [0.1, 0.15) is 0 Å². The number of oxazole rings is 1. The fourth-order valence-electron chi connectivity index (χ4n) is 5.96. The minimum absolute atomic E-state index is 0.599. The third-order valence-corrected chi connectivity index (χ3v) is 7.89. The third-order valence-electron chi connectivity index (χ3n) is 7.89.